The Bertz CT molecular complexity index is 645. The first kappa shape index (κ1) is 13.1. The highest BCUT2D eigenvalue weighted by Gasteiger charge is 2.26. The number of aromatic nitrogens is 1. The fourth-order valence-electron chi connectivity index (χ4n) is 2.38. The minimum absolute atomic E-state index is 0.101. The van der Waals surface area contributed by atoms with Crippen molar-refractivity contribution in [2.45, 2.75) is 6.54 Å². The Morgan fingerprint density at radius 3 is 2.90 bits per heavy atom. The number of hydrogen-bond acceptors (Lipinski definition) is 3. The van der Waals surface area contributed by atoms with Gasteiger partial charge in [0.05, 0.1) is 17.9 Å². The minimum Gasteiger partial charge on any atom is -0.356 e. The van der Waals surface area contributed by atoms with E-state index in [2.05, 4.69) is 31.9 Å². The van der Waals surface area contributed by atoms with Crippen LogP contribution in [0, 0.1) is 0 Å². The molecule has 0 N–H and O–H groups in total. The van der Waals surface area contributed by atoms with Crippen molar-refractivity contribution in [3.05, 3.63) is 52.8 Å². The molecule has 102 valence electrons. The Labute approximate surface area is 126 Å². The van der Waals surface area contributed by atoms with E-state index in [4.69, 9.17) is 0 Å². The second-order valence-electron chi connectivity index (χ2n) is 4.80. The molecule has 20 heavy (non-hydrogen) atoms. The monoisotopic (exact) mass is 331 g/mol. The summed E-state index contributed by atoms with van der Waals surface area (Å²) in [5, 5.41) is 0. The summed E-state index contributed by atoms with van der Waals surface area (Å²) in [6.07, 6.45) is 3.59. The number of nitrogens with zero attached hydrogens (tertiary/aromatic N) is 3. The summed E-state index contributed by atoms with van der Waals surface area (Å²) in [7, 11) is 1.82. The average Bonchev–Trinajstić information content (AvgIpc) is 2.45. The van der Waals surface area contributed by atoms with Gasteiger partial charge in [-0.2, -0.15) is 0 Å². The van der Waals surface area contributed by atoms with Crippen LogP contribution in [-0.4, -0.2) is 24.5 Å². The standard InChI is InChI=1S/C15H14BrN3O/c1-18-13-5-4-12(16)7-14(13)19(10-15(18)20)9-11-3-2-6-17-8-11/h2-8H,9-10H2,1H3. The first-order chi connectivity index (χ1) is 9.65. The maximum absolute atomic E-state index is 12.1. The second kappa shape index (κ2) is 5.25. The number of rotatable bonds is 2. The van der Waals surface area contributed by atoms with Crippen LogP contribution in [-0.2, 0) is 11.3 Å². The number of carbonyl (C=O) groups excluding carboxylic acids is 1. The zero-order chi connectivity index (χ0) is 14.1. The molecule has 0 spiro atoms. The predicted molar refractivity (Wildman–Crippen MR) is 82.8 cm³/mol. The molecule has 1 aliphatic rings. The van der Waals surface area contributed by atoms with Gasteiger partial charge in [-0.25, -0.2) is 0 Å². The van der Waals surface area contributed by atoms with Crippen molar-refractivity contribution in [3.8, 4) is 0 Å². The highest BCUT2D eigenvalue weighted by atomic mass is 79.9. The van der Waals surface area contributed by atoms with E-state index >= 15 is 0 Å². The molecule has 1 amide bonds. The van der Waals surface area contributed by atoms with Crippen LogP contribution in [0.1, 0.15) is 5.56 Å². The van der Waals surface area contributed by atoms with Crippen LogP contribution in [0.2, 0.25) is 0 Å². The van der Waals surface area contributed by atoms with E-state index in [-0.39, 0.29) is 5.91 Å². The number of anilines is 2. The summed E-state index contributed by atoms with van der Waals surface area (Å²) in [4.78, 5) is 20.0. The molecule has 3 rings (SSSR count). The molecule has 1 aliphatic heterocycles. The Kier molecular flexibility index (Phi) is 3.44. The fraction of sp³-hybridized carbons (Fsp3) is 0.200. The molecule has 1 aromatic carbocycles. The van der Waals surface area contributed by atoms with Crippen LogP contribution in [0.25, 0.3) is 0 Å². The lowest BCUT2D eigenvalue weighted by Gasteiger charge is -2.35. The minimum atomic E-state index is 0.101. The molecule has 0 atom stereocenters. The van der Waals surface area contributed by atoms with Gasteiger partial charge in [0, 0.05) is 30.5 Å². The number of pyridine rings is 1. The van der Waals surface area contributed by atoms with E-state index < -0.39 is 0 Å². The number of fused-ring (bicyclic) bond motifs is 1. The molecule has 0 saturated heterocycles. The molecule has 0 unspecified atom stereocenters. The van der Waals surface area contributed by atoms with Gasteiger partial charge in [0.2, 0.25) is 5.91 Å². The molecule has 5 heteroatoms. The number of benzene rings is 1. The summed E-state index contributed by atoms with van der Waals surface area (Å²) in [5.74, 6) is 0.101. The highest BCUT2D eigenvalue weighted by molar-refractivity contribution is 9.10. The Morgan fingerprint density at radius 2 is 2.15 bits per heavy atom. The van der Waals surface area contributed by atoms with Gasteiger partial charge >= 0.3 is 0 Å². The molecular formula is C15H14BrN3O. The molecule has 0 bridgehead atoms. The molecule has 0 aliphatic carbocycles. The first-order valence-electron chi connectivity index (χ1n) is 6.35. The van der Waals surface area contributed by atoms with Crippen LogP contribution < -0.4 is 9.80 Å². The largest absolute Gasteiger partial charge is 0.356 e. The maximum Gasteiger partial charge on any atom is 0.246 e. The summed E-state index contributed by atoms with van der Waals surface area (Å²) < 4.78 is 1.01. The smallest absolute Gasteiger partial charge is 0.246 e. The molecular weight excluding hydrogens is 318 g/mol. The third-order valence-corrected chi connectivity index (χ3v) is 3.93. The SMILES string of the molecule is CN1C(=O)CN(Cc2cccnc2)c2cc(Br)ccc21. The van der Waals surface area contributed by atoms with Crippen LogP contribution in [0.15, 0.2) is 47.2 Å². The van der Waals surface area contributed by atoms with Crippen molar-refractivity contribution < 1.29 is 4.79 Å². The highest BCUT2D eigenvalue weighted by Crippen LogP contribution is 2.35. The van der Waals surface area contributed by atoms with Gasteiger partial charge in [0.25, 0.3) is 0 Å². The number of amides is 1. The van der Waals surface area contributed by atoms with E-state index in [1.807, 2.05) is 37.5 Å². The fourth-order valence-corrected chi connectivity index (χ4v) is 2.72. The summed E-state index contributed by atoms with van der Waals surface area (Å²) in [6.45, 7) is 1.06. The zero-order valence-electron chi connectivity index (χ0n) is 11.1. The van der Waals surface area contributed by atoms with Gasteiger partial charge in [-0.15, -0.1) is 0 Å². The van der Waals surface area contributed by atoms with E-state index in [0.717, 1.165) is 21.4 Å². The Morgan fingerprint density at radius 1 is 1.30 bits per heavy atom. The maximum atomic E-state index is 12.1. The number of likely N-dealkylation sites (N-methyl/N-ethyl adjacent to an activating group) is 1. The Hall–Kier alpha value is -1.88. The van der Waals surface area contributed by atoms with Gasteiger partial charge < -0.3 is 9.80 Å². The van der Waals surface area contributed by atoms with Gasteiger partial charge in [0.15, 0.2) is 0 Å². The molecule has 1 aromatic heterocycles. The molecule has 4 nitrogen and oxygen atoms in total. The van der Waals surface area contributed by atoms with Crippen molar-refractivity contribution in [2.24, 2.45) is 0 Å². The number of carbonyl (C=O) groups is 1. The first-order valence-corrected chi connectivity index (χ1v) is 7.14. The summed E-state index contributed by atoms with van der Waals surface area (Å²) in [5.41, 5.74) is 3.09. The lowest BCUT2D eigenvalue weighted by atomic mass is 10.1. The quantitative estimate of drug-likeness (QED) is 0.849. The third-order valence-electron chi connectivity index (χ3n) is 3.44. The second-order valence-corrected chi connectivity index (χ2v) is 5.72. The lowest BCUT2D eigenvalue weighted by Crippen LogP contribution is -2.43. The molecule has 2 aromatic rings. The lowest BCUT2D eigenvalue weighted by molar-refractivity contribution is -0.117. The van der Waals surface area contributed by atoms with E-state index in [9.17, 15) is 4.79 Å². The van der Waals surface area contributed by atoms with Crippen molar-refractivity contribution in [3.63, 3.8) is 0 Å². The van der Waals surface area contributed by atoms with Crippen LogP contribution >= 0.6 is 15.9 Å². The van der Waals surface area contributed by atoms with Gasteiger partial charge in [-0.1, -0.05) is 22.0 Å². The van der Waals surface area contributed by atoms with E-state index in [1.165, 1.54) is 0 Å². The summed E-state index contributed by atoms with van der Waals surface area (Å²) in [6, 6.07) is 9.90. The molecule has 0 fully saturated rings. The molecule has 0 saturated carbocycles. The molecule has 2 heterocycles. The van der Waals surface area contributed by atoms with E-state index in [1.54, 1.807) is 11.1 Å². The molecule has 0 radical (unpaired) electrons. The number of halogens is 1. The van der Waals surface area contributed by atoms with E-state index in [0.29, 0.717) is 13.1 Å². The topological polar surface area (TPSA) is 36.4 Å². The normalized spacial score (nSPS) is 14.4. The van der Waals surface area contributed by atoms with Crippen LogP contribution in [0.5, 0.6) is 0 Å². The number of hydrogen-bond donors (Lipinski definition) is 0. The third kappa shape index (κ3) is 2.41. The van der Waals surface area contributed by atoms with Gasteiger partial charge in [-0.05, 0) is 29.8 Å². The van der Waals surface area contributed by atoms with Crippen molar-refractivity contribution in [1.82, 2.24) is 4.98 Å². The zero-order valence-corrected chi connectivity index (χ0v) is 12.7. The average molecular weight is 332 g/mol. The van der Waals surface area contributed by atoms with Crippen LogP contribution in [0.4, 0.5) is 11.4 Å². The van der Waals surface area contributed by atoms with Crippen molar-refractivity contribution >= 4 is 33.2 Å². The predicted octanol–water partition coefficient (Wildman–Crippen LogP) is 2.83. The van der Waals surface area contributed by atoms with Crippen LogP contribution in [0.3, 0.4) is 0 Å². The van der Waals surface area contributed by atoms with Crippen molar-refractivity contribution in [1.29, 1.82) is 0 Å². The van der Waals surface area contributed by atoms with Crippen molar-refractivity contribution in [2.75, 3.05) is 23.4 Å². The summed E-state index contributed by atoms with van der Waals surface area (Å²) >= 11 is 3.50. The van der Waals surface area contributed by atoms with Gasteiger partial charge in [-0.3, -0.25) is 9.78 Å². The van der Waals surface area contributed by atoms with Gasteiger partial charge in [0.1, 0.15) is 0 Å². The Balaban J connectivity index is 1.98.